The van der Waals surface area contributed by atoms with Crippen molar-refractivity contribution in [2.75, 3.05) is 0 Å². The standard InChI is InChI=1S/C8H12N2O/c1-3-7-5-6-10(4-2)8(11)9-7/h5-6H,3-4H2,1-2H3. The van der Waals surface area contributed by atoms with Crippen molar-refractivity contribution in [1.82, 2.24) is 9.55 Å². The van der Waals surface area contributed by atoms with Crippen LogP contribution in [0.25, 0.3) is 0 Å². The molecule has 0 aliphatic rings. The second-order valence-electron chi connectivity index (χ2n) is 2.34. The van der Waals surface area contributed by atoms with Crippen LogP contribution in [0.1, 0.15) is 19.5 Å². The average molecular weight is 152 g/mol. The molecule has 1 heterocycles. The zero-order valence-electron chi connectivity index (χ0n) is 6.87. The highest BCUT2D eigenvalue weighted by atomic mass is 16.1. The molecule has 0 saturated heterocycles. The van der Waals surface area contributed by atoms with Gasteiger partial charge >= 0.3 is 5.69 Å². The molecule has 0 fully saturated rings. The number of hydrogen-bond donors (Lipinski definition) is 0. The number of rotatable bonds is 2. The van der Waals surface area contributed by atoms with E-state index in [1.54, 1.807) is 10.8 Å². The molecule has 0 unspecified atom stereocenters. The zero-order valence-corrected chi connectivity index (χ0v) is 6.87. The highest BCUT2D eigenvalue weighted by Gasteiger charge is 1.94. The maximum Gasteiger partial charge on any atom is 0.347 e. The lowest BCUT2D eigenvalue weighted by atomic mass is 10.3. The van der Waals surface area contributed by atoms with Gasteiger partial charge in [-0.15, -0.1) is 0 Å². The van der Waals surface area contributed by atoms with Crippen LogP contribution in [0.4, 0.5) is 0 Å². The highest BCUT2D eigenvalue weighted by molar-refractivity contribution is 4.98. The van der Waals surface area contributed by atoms with Crippen molar-refractivity contribution >= 4 is 0 Å². The SMILES string of the molecule is CCc1ccn(CC)c(=O)n1. The molecule has 0 spiro atoms. The second kappa shape index (κ2) is 3.32. The fourth-order valence-electron chi connectivity index (χ4n) is 0.902. The molecule has 0 saturated carbocycles. The summed E-state index contributed by atoms with van der Waals surface area (Å²) in [4.78, 5) is 15.0. The van der Waals surface area contributed by atoms with E-state index in [1.165, 1.54) is 0 Å². The molecule has 1 aromatic heterocycles. The van der Waals surface area contributed by atoms with Gasteiger partial charge in [0.25, 0.3) is 0 Å². The lowest BCUT2D eigenvalue weighted by Gasteiger charge is -1.99. The molecule has 1 rings (SSSR count). The van der Waals surface area contributed by atoms with Gasteiger partial charge in [0.05, 0.1) is 0 Å². The van der Waals surface area contributed by atoms with E-state index in [0.717, 1.165) is 12.1 Å². The van der Waals surface area contributed by atoms with E-state index in [9.17, 15) is 4.79 Å². The Morgan fingerprint density at radius 1 is 1.55 bits per heavy atom. The summed E-state index contributed by atoms with van der Waals surface area (Å²) in [7, 11) is 0. The first-order chi connectivity index (χ1) is 5.27. The van der Waals surface area contributed by atoms with Crippen molar-refractivity contribution in [1.29, 1.82) is 0 Å². The molecule has 0 N–H and O–H groups in total. The Balaban J connectivity index is 3.10. The minimum atomic E-state index is -0.146. The van der Waals surface area contributed by atoms with Crippen molar-refractivity contribution in [3.05, 3.63) is 28.4 Å². The molecular weight excluding hydrogens is 140 g/mol. The Hall–Kier alpha value is -1.12. The molecule has 11 heavy (non-hydrogen) atoms. The van der Waals surface area contributed by atoms with Gasteiger partial charge in [-0.25, -0.2) is 4.79 Å². The summed E-state index contributed by atoms with van der Waals surface area (Å²) in [5.74, 6) is 0. The number of hydrogen-bond acceptors (Lipinski definition) is 2. The molecule has 0 aromatic carbocycles. The first kappa shape index (κ1) is 7.98. The van der Waals surface area contributed by atoms with Gasteiger partial charge in [0.15, 0.2) is 0 Å². The Labute approximate surface area is 65.7 Å². The quantitative estimate of drug-likeness (QED) is 0.629. The van der Waals surface area contributed by atoms with E-state index >= 15 is 0 Å². The summed E-state index contributed by atoms with van der Waals surface area (Å²) in [5.41, 5.74) is 0.714. The normalized spacial score (nSPS) is 10.0. The van der Waals surface area contributed by atoms with Crippen molar-refractivity contribution in [3.63, 3.8) is 0 Å². The maximum absolute atomic E-state index is 11.1. The third-order valence-electron chi connectivity index (χ3n) is 1.63. The van der Waals surface area contributed by atoms with Crippen LogP contribution in [0, 0.1) is 0 Å². The van der Waals surface area contributed by atoms with Crippen LogP contribution in [-0.2, 0) is 13.0 Å². The van der Waals surface area contributed by atoms with Crippen molar-refractivity contribution in [2.45, 2.75) is 26.8 Å². The summed E-state index contributed by atoms with van der Waals surface area (Å²) < 4.78 is 1.58. The van der Waals surface area contributed by atoms with Crippen LogP contribution in [0.5, 0.6) is 0 Å². The number of nitrogens with zero attached hydrogens (tertiary/aromatic N) is 2. The molecule has 60 valence electrons. The third kappa shape index (κ3) is 1.67. The minimum Gasteiger partial charge on any atom is -0.299 e. The molecule has 0 aliphatic heterocycles. The number of aryl methyl sites for hydroxylation is 2. The number of aromatic nitrogens is 2. The van der Waals surface area contributed by atoms with Crippen LogP contribution in [-0.4, -0.2) is 9.55 Å². The van der Waals surface area contributed by atoms with E-state index < -0.39 is 0 Å². The monoisotopic (exact) mass is 152 g/mol. The van der Waals surface area contributed by atoms with E-state index in [1.807, 2.05) is 19.9 Å². The summed E-state index contributed by atoms with van der Waals surface area (Å²) in [5, 5.41) is 0. The van der Waals surface area contributed by atoms with E-state index in [4.69, 9.17) is 0 Å². The van der Waals surface area contributed by atoms with E-state index in [0.29, 0.717) is 6.54 Å². The Morgan fingerprint density at radius 2 is 2.27 bits per heavy atom. The molecular formula is C8H12N2O. The summed E-state index contributed by atoms with van der Waals surface area (Å²) in [6.07, 6.45) is 2.61. The van der Waals surface area contributed by atoms with Gasteiger partial charge in [-0.1, -0.05) is 6.92 Å². The van der Waals surface area contributed by atoms with Crippen molar-refractivity contribution < 1.29 is 0 Å². The minimum absolute atomic E-state index is 0.146. The maximum atomic E-state index is 11.1. The van der Waals surface area contributed by atoms with Crippen LogP contribution in [0.2, 0.25) is 0 Å². The summed E-state index contributed by atoms with van der Waals surface area (Å²) in [6.45, 7) is 4.60. The predicted molar refractivity (Wildman–Crippen MR) is 43.5 cm³/mol. The molecule has 0 aliphatic carbocycles. The Kier molecular flexibility index (Phi) is 2.41. The highest BCUT2D eigenvalue weighted by Crippen LogP contribution is 1.90. The smallest absolute Gasteiger partial charge is 0.299 e. The third-order valence-corrected chi connectivity index (χ3v) is 1.63. The van der Waals surface area contributed by atoms with Crippen molar-refractivity contribution in [2.24, 2.45) is 0 Å². The van der Waals surface area contributed by atoms with Gasteiger partial charge in [-0.3, -0.25) is 4.57 Å². The molecule has 3 nitrogen and oxygen atoms in total. The van der Waals surface area contributed by atoms with E-state index in [2.05, 4.69) is 4.98 Å². The average Bonchev–Trinajstić information content (AvgIpc) is 2.04. The van der Waals surface area contributed by atoms with Crippen LogP contribution in [0.15, 0.2) is 17.1 Å². The summed E-state index contributed by atoms with van der Waals surface area (Å²) in [6, 6.07) is 1.88. The summed E-state index contributed by atoms with van der Waals surface area (Å²) >= 11 is 0. The predicted octanol–water partition coefficient (Wildman–Crippen LogP) is 0.826. The lowest BCUT2D eigenvalue weighted by molar-refractivity contribution is 0.689. The van der Waals surface area contributed by atoms with Gasteiger partial charge in [0.1, 0.15) is 0 Å². The van der Waals surface area contributed by atoms with Crippen LogP contribution in [0.3, 0.4) is 0 Å². The second-order valence-corrected chi connectivity index (χ2v) is 2.34. The van der Waals surface area contributed by atoms with Gasteiger partial charge in [-0.05, 0) is 19.4 Å². The molecule has 1 aromatic rings. The van der Waals surface area contributed by atoms with Crippen molar-refractivity contribution in [3.8, 4) is 0 Å². The molecule has 0 atom stereocenters. The van der Waals surface area contributed by atoms with Gasteiger partial charge in [0, 0.05) is 18.4 Å². The zero-order chi connectivity index (χ0) is 8.27. The first-order valence-electron chi connectivity index (χ1n) is 3.84. The van der Waals surface area contributed by atoms with Crippen LogP contribution < -0.4 is 5.69 Å². The first-order valence-corrected chi connectivity index (χ1v) is 3.84. The topological polar surface area (TPSA) is 34.9 Å². The van der Waals surface area contributed by atoms with Gasteiger partial charge in [0.2, 0.25) is 0 Å². The Bertz CT molecular complexity index is 290. The molecule has 0 bridgehead atoms. The van der Waals surface area contributed by atoms with E-state index in [-0.39, 0.29) is 5.69 Å². The molecule has 3 heteroatoms. The van der Waals surface area contributed by atoms with Gasteiger partial charge < -0.3 is 0 Å². The fraction of sp³-hybridized carbons (Fsp3) is 0.500. The fourth-order valence-corrected chi connectivity index (χ4v) is 0.902. The largest absolute Gasteiger partial charge is 0.347 e. The lowest BCUT2D eigenvalue weighted by Crippen LogP contribution is -2.22. The van der Waals surface area contributed by atoms with Crippen LogP contribution >= 0.6 is 0 Å². The Morgan fingerprint density at radius 3 is 2.73 bits per heavy atom. The molecule has 0 amide bonds. The molecule has 0 radical (unpaired) electrons. The van der Waals surface area contributed by atoms with Gasteiger partial charge in [-0.2, -0.15) is 4.98 Å².